The zero-order valence-electron chi connectivity index (χ0n) is 20.6. The number of aromatic nitrogens is 2. The minimum Gasteiger partial charge on any atom is -0.406 e. The summed E-state index contributed by atoms with van der Waals surface area (Å²) in [5.41, 5.74) is 13.0. The summed E-state index contributed by atoms with van der Waals surface area (Å²) in [5.74, 6) is -0.498. The number of halogens is 3. The lowest BCUT2D eigenvalue weighted by molar-refractivity contribution is -0.274. The second-order valence-corrected chi connectivity index (χ2v) is 9.50. The minimum absolute atomic E-state index is 0.0176. The van der Waals surface area contributed by atoms with Crippen molar-refractivity contribution < 1.29 is 27.5 Å². The van der Waals surface area contributed by atoms with Crippen molar-refractivity contribution in [3.63, 3.8) is 0 Å². The van der Waals surface area contributed by atoms with Crippen molar-refractivity contribution in [3.05, 3.63) is 71.7 Å². The topological polar surface area (TPSA) is 136 Å². The number of carbonyl (C=O) groups is 2. The number of hydrogen-bond donors (Lipinski definition) is 4. The number of amides is 2. The van der Waals surface area contributed by atoms with Crippen LogP contribution in [-0.4, -0.2) is 34.7 Å². The summed E-state index contributed by atoms with van der Waals surface area (Å²) < 4.78 is 43.3. The van der Waals surface area contributed by atoms with Crippen molar-refractivity contribution in [2.24, 2.45) is 23.3 Å². The molecule has 3 aromatic rings. The number of imidazole rings is 1. The first-order valence-corrected chi connectivity index (χ1v) is 12.4. The highest BCUT2D eigenvalue weighted by molar-refractivity contribution is 5.93. The van der Waals surface area contributed by atoms with Crippen LogP contribution in [0.2, 0.25) is 0 Å². The molecular formula is C27H30F3N5O3. The fraction of sp³-hybridized carbons (Fsp3) is 0.370. The van der Waals surface area contributed by atoms with E-state index in [1.54, 1.807) is 36.5 Å². The number of para-hydroxylation sites is 1. The molecule has 1 fully saturated rings. The van der Waals surface area contributed by atoms with Crippen molar-refractivity contribution in [2.45, 2.75) is 44.5 Å². The summed E-state index contributed by atoms with van der Waals surface area (Å²) in [6.07, 6.45) is -0.164. The van der Waals surface area contributed by atoms with E-state index in [0.717, 1.165) is 18.4 Å². The Morgan fingerprint density at radius 3 is 2.39 bits per heavy atom. The number of nitrogens with one attached hydrogen (secondary N) is 2. The van der Waals surface area contributed by atoms with E-state index in [-0.39, 0.29) is 29.6 Å². The van der Waals surface area contributed by atoms with Gasteiger partial charge in [-0.2, -0.15) is 0 Å². The molecule has 2 aromatic carbocycles. The minimum atomic E-state index is -4.86. The van der Waals surface area contributed by atoms with Gasteiger partial charge in [0.2, 0.25) is 11.8 Å². The van der Waals surface area contributed by atoms with Crippen LogP contribution in [0.3, 0.4) is 0 Å². The second kappa shape index (κ2) is 11.7. The summed E-state index contributed by atoms with van der Waals surface area (Å²) in [6, 6.07) is 11.7. The number of benzene rings is 2. The van der Waals surface area contributed by atoms with Crippen LogP contribution < -0.4 is 21.5 Å². The molecule has 1 saturated carbocycles. The number of ether oxygens (including phenoxy) is 1. The van der Waals surface area contributed by atoms with E-state index in [0.29, 0.717) is 42.4 Å². The van der Waals surface area contributed by atoms with Crippen molar-refractivity contribution >= 4 is 11.8 Å². The van der Waals surface area contributed by atoms with Crippen LogP contribution in [0.15, 0.2) is 54.7 Å². The number of rotatable bonds is 9. The Kier molecular flexibility index (Phi) is 8.35. The number of alkyl halides is 3. The van der Waals surface area contributed by atoms with Gasteiger partial charge in [-0.25, -0.2) is 4.98 Å². The van der Waals surface area contributed by atoms with Crippen molar-refractivity contribution in [2.75, 3.05) is 6.54 Å². The summed E-state index contributed by atoms with van der Waals surface area (Å²) in [6.45, 7) is 0.586. The van der Waals surface area contributed by atoms with Gasteiger partial charge in [-0.3, -0.25) is 9.59 Å². The maximum atomic E-state index is 13.2. The third kappa shape index (κ3) is 6.91. The Hall–Kier alpha value is -3.86. The van der Waals surface area contributed by atoms with Crippen LogP contribution in [-0.2, 0) is 11.2 Å². The zero-order valence-corrected chi connectivity index (χ0v) is 20.6. The number of carbonyl (C=O) groups excluding carboxylic acids is 2. The summed E-state index contributed by atoms with van der Waals surface area (Å²) >= 11 is 0. The van der Waals surface area contributed by atoms with Crippen molar-refractivity contribution in [3.8, 4) is 17.0 Å². The lowest BCUT2D eigenvalue weighted by Crippen LogP contribution is -2.37. The molecule has 4 rings (SSSR count). The normalized spacial score (nSPS) is 18.5. The van der Waals surface area contributed by atoms with Crippen LogP contribution in [0.4, 0.5) is 13.2 Å². The number of H-pyrrole nitrogens is 1. The number of aromatic amines is 1. The van der Waals surface area contributed by atoms with Gasteiger partial charge in [-0.15, -0.1) is 13.2 Å². The summed E-state index contributed by atoms with van der Waals surface area (Å²) in [5, 5.41) is 3.00. The maximum absolute atomic E-state index is 13.2. The van der Waals surface area contributed by atoms with Crippen LogP contribution in [0, 0.1) is 11.8 Å². The lowest BCUT2D eigenvalue weighted by Gasteiger charge is -2.28. The van der Waals surface area contributed by atoms with E-state index < -0.39 is 18.3 Å². The first kappa shape index (κ1) is 27.2. The predicted molar refractivity (Wildman–Crippen MR) is 135 cm³/mol. The monoisotopic (exact) mass is 529 g/mol. The first-order valence-electron chi connectivity index (χ1n) is 12.4. The van der Waals surface area contributed by atoms with Gasteiger partial charge >= 0.3 is 6.36 Å². The van der Waals surface area contributed by atoms with Gasteiger partial charge in [0, 0.05) is 17.9 Å². The summed E-state index contributed by atoms with van der Waals surface area (Å²) in [7, 11) is 0. The van der Waals surface area contributed by atoms with Gasteiger partial charge < -0.3 is 26.5 Å². The van der Waals surface area contributed by atoms with Gasteiger partial charge in [-0.05, 0) is 67.5 Å². The maximum Gasteiger partial charge on any atom is 0.573 e. The average Bonchev–Trinajstić information content (AvgIpc) is 3.39. The van der Waals surface area contributed by atoms with E-state index >= 15 is 0 Å². The highest BCUT2D eigenvalue weighted by Gasteiger charge is 2.33. The molecule has 0 radical (unpaired) electrons. The fourth-order valence-corrected chi connectivity index (χ4v) is 4.76. The molecule has 2 amide bonds. The Morgan fingerprint density at radius 1 is 1.08 bits per heavy atom. The third-order valence-electron chi connectivity index (χ3n) is 6.90. The van der Waals surface area contributed by atoms with Gasteiger partial charge in [0.05, 0.1) is 17.9 Å². The highest BCUT2D eigenvalue weighted by atomic mass is 19.4. The number of hydrogen-bond acceptors (Lipinski definition) is 5. The fourth-order valence-electron chi connectivity index (χ4n) is 4.76. The molecule has 1 atom stereocenters. The Balaban J connectivity index is 1.59. The Morgan fingerprint density at radius 2 is 1.76 bits per heavy atom. The molecule has 0 saturated heterocycles. The van der Waals surface area contributed by atoms with Crippen LogP contribution in [0.1, 0.15) is 53.5 Å². The molecule has 0 bridgehead atoms. The average molecular weight is 530 g/mol. The van der Waals surface area contributed by atoms with Gasteiger partial charge in [-0.1, -0.05) is 30.3 Å². The number of nitrogens with two attached hydrogens (primary N) is 2. The first-order chi connectivity index (χ1) is 18.1. The molecule has 1 heterocycles. The number of nitrogens with zero attached hydrogens (tertiary/aromatic N) is 1. The van der Waals surface area contributed by atoms with E-state index in [2.05, 4.69) is 20.0 Å². The molecule has 0 spiro atoms. The zero-order chi connectivity index (χ0) is 27.3. The lowest BCUT2D eigenvalue weighted by atomic mass is 9.81. The predicted octanol–water partition coefficient (Wildman–Crippen LogP) is 4.24. The second-order valence-electron chi connectivity index (χ2n) is 9.50. The summed E-state index contributed by atoms with van der Waals surface area (Å²) in [4.78, 5) is 32.2. The molecule has 38 heavy (non-hydrogen) atoms. The largest absolute Gasteiger partial charge is 0.573 e. The molecule has 1 aromatic heterocycles. The van der Waals surface area contributed by atoms with Crippen molar-refractivity contribution in [1.82, 2.24) is 15.3 Å². The third-order valence-corrected chi connectivity index (χ3v) is 6.90. The van der Waals surface area contributed by atoms with E-state index in [1.807, 2.05) is 0 Å². The SMILES string of the molecule is NCC1CCC(C(=O)N[C@@H](Cc2ccccc2OC(F)(F)F)c2ncc(-c3ccc(C(N)=O)cc3)[nH]2)CC1. The molecule has 8 nitrogen and oxygen atoms in total. The quantitative estimate of drug-likeness (QED) is 0.329. The smallest absolute Gasteiger partial charge is 0.406 e. The van der Waals surface area contributed by atoms with Crippen LogP contribution in [0.25, 0.3) is 11.3 Å². The molecular weight excluding hydrogens is 499 g/mol. The number of primary amides is 1. The molecule has 11 heteroatoms. The highest BCUT2D eigenvalue weighted by Crippen LogP contribution is 2.32. The van der Waals surface area contributed by atoms with Gasteiger partial charge in [0.25, 0.3) is 0 Å². The van der Waals surface area contributed by atoms with E-state index in [4.69, 9.17) is 11.5 Å². The van der Waals surface area contributed by atoms with E-state index in [9.17, 15) is 22.8 Å². The van der Waals surface area contributed by atoms with Gasteiger partial charge in [0.15, 0.2) is 0 Å². The van der Waals surface area contributed by atoms with Crippen molar-refractivity contribution in [1.29, 1.82) is 0 Å². The molecule has 0 unspecified atom stereocenters. The van der Waals surface area contributed by atoms with Gasteiger partial charge in [0.1, 0.15) is 11.6 Å². The standard InChI is InChI=1S/C27H30F3N5O3/c28-27(29,30)38-23-4-2-1-3-20(23)13-21(35-26(37)19-7-5-16(14-31)6-8-19)25-33-15-22(34-25)17-9-11-18(12-10-17)24(32)36/h1-4,9-12,15-16,19,21H,5-8,13-14,31H2,(H2,32,36)(H,33,34)(H,35,37)/t16?,19?,21-/m0/s1. The van der Waals surface area contributed by atoms with Crippen LogP contribution >= 0.6 is 0 Å². The molecule has 0 aliphatic heterocycles. The molecule has 1 aliphatic rings. The van der Waals surface area contributed by atoms with E-state index in [1.165, 1.54) is 18.2 Å². The van der Waals surface area contributed by atoms with Crippen LogP contribution in [0.5, 0.6) is 5.75 Å². The molecule has 202 valence electrons. The Labute approximate surface area is 218 Å². The molecule has 1 aliphatic carbocycles. The Bertz CT molecular complexity index is 1250. The molecule has 6 N–H and O–H groups in total.